The average Bonchev–Trinajstić information content (AvgIpc) is 2.28. The number of carbonyl (C=O) groups excluding carboxylic acids is 1. The van der Waals surface area contributed by atoms with Crippen molar-refractivity contribution in [3.05, 3.63) is 39.9 Å². The van der Waals surface area contributed by atoms with Crippen LogP contribution in [0.25, 0.3) is 6.08 Å². The smallest absolute Gasteiger partial charge is 0.332 e. The van der Waals surface area contributed by atoms with Gasteiger partial charge in [-0.25, -0.2) is 4.79 Å². The van der Waals surface area contributed by atoms with Crippen LogP contribution in [0, 0.1) is 11.3 Å². The molecule has 0 radical (unpaired) electrons. The molecule has 1 aromatic rings. The minimum Gasteiger partial charge on any atom is -0.444 e. The molecular formula is C12H9Cl2NO2. The largest absolute Gasteiger partial charge is 0.444 e. The zero-order chi connectivity index (χ0) is 12.8. The third-order valence-electron chi connectivity index (χ3n) is 1.86. The summed E-state index contributed by atoms with van der Waals surface area (Å²) in [7, 11) is 0. The fraction of sp³-hybridized carbons (Fsp3) is 0.167. The van der Waals surface area contributed by atoms with Crippen LogP contribution in [0.15, 0.2) is 24.3 Å². The molecule has 0 aromatic heterocycles. The average molecular weight is 270 g/mol. The molecule has 0 aliphatic heterocycles. The van der Waals surface area contributed by atoms with Crippen molar-refractivity contribution in [3.8, 4) is 6.07 Å². The van der Waals surface area contributed by atoms with Crippen LogP contribution in [0.3, 0.4) is 0 Å². The van der Waals surface area contributed by atoms with E-state index in [-0.39, 0.29) is 0 Å². The first-order valence-electron chi connectivity index (χ1n) is 4.77. The number of hydrogen-bond acceptors (Lipinski definition) is 3. The topological polar surface area (TPSA) is 50.1 Å². The number of nitriles is 1. The Labute approximate surface area is 109 Å². The van der Waals surface area contributed by atoms with Crippen molar-refractivity contribution in [2.45, 2.75) is 13.0 Å². The zero-order valence-corrected chi connectivity index (χ0v) is 10.5. The van der Waals surface area contributed by atoms with E-state index in [1.54, 1.807) is 24.3 Å². The molecule has 0 spiro atoms. The van der Waals surface area contributed by atoms with E-state index in [4.69, 9.17) is 33.2 Å². The monoisotopic (exact) mass is 269 g/mol. The van der Waals surface area contributed by atoms with E-state index in [0.717, 1.165) is 0 Å². The van der Waals surface area contributed by atoms with E-state index in [0.29, 0.717) is 15.6 Å². The van der Waals surface area contributed by atoms with Crippen molar-refractivity contribution < 1.29 is 9.53 Å². The summed E-state index contributed by atoms with van der Waals surface area (Å²) in [6.07, 6.45) is 1.85. The molecular weight excluding hydrogens is 261 g/mol. The van der Waals surface area contributed by atoms with Gasteiger partial charge in [-0.1, -0.05) is 29.3 Å². The molecule has 0 N–H and O–H groups in total. The lowest BCUT2D eigenvalue weighted by atomic mass is 10.2. The number of nitrogens with zero attached hydrogens (tertiary/aromatic N) is 1. The Morgan fingerprint density at radius 1 is 1.47 bits per heavy atom. The van der Waals surface area contributed by atoms with Crippen molar-refractivity contribution in [2.75, 3.05) is 0 Å². The second-order valence-electron chi connectivity index (χ2n) is 3.18. The summed E-state index contributed by atoms with van der Waals surface area (Å²) in [5.41, 5.74) is 0.539. The molecule has 17 heavy (non-hydrogen) atoms. The van der Waals surface area contributed by atoms with Crippen LogP contribution in [0.1, 0.15) is 12.5 Å². The Kier molecular flexibility index (Phi) is 5.02. The predicted molar refractivity (Wildman–Crippen MR) is 66.7 cm³/mol. The maximum Gasteiger partial charge on any atom is 0.332 e. The molecule has 1 rings (SSSR count). The first-order chi connectivity index (χ1) is 8.04. The van der Waals surface area contributed by atoms with Gasteiger partial charge in [0.05, 0.1) is 0 Å². The number of carbonyl (C=O) groups is 1. The van der Waals surface area contributed by atoms with Crippen LogP contribution in [0.4, 0.5) is 0 Å². The van der Waals surface area contributed by atoms with Gasteiger partial charge in [0.15, 0.2) is 6.10 Å². The molecule has 0 fully saturated rings. The van der Waals surface area contributed by atoms with Crippen LogP contribution < -0.4 is 0 Å². The van der Waals surface area contributed by atoms with Gasteiger partial charge in [-0.05, 0) is 25.1 Å². The van der Waals surface area contributed by atoms with Gasteiger partial charge in [-0.3, -0.25) is 0 Å². The van der Waals surface area contributed by atoms with Crippen molar-refractivity contribution in [3.63, 3.8) is 0 Å². The standard InChI is InChI=1S/C12H9Cl2NO2/c1-8(7-15)17-12(16)6-5-9-10(13)3-2-4-11(9)14/h2-6,8H,1H3/b6-5+/t8-/m0/s1. The van der Waals surface area contributed by atoms with Crippen LogP contribution in [0.5, 0.6) is 0 Å². The summed E-state index contributed by atoms with van der Waals surface area (Å²) in [4.78, 5) is 11.3. The fourth-order valence-corrected chi connectivity index (χ4v) is 1.58. The lowest BCUT2D eigenvalue weighted by Crippen LogP contribution is -2.10. The Bertz CT molecular complexity index is 472. The molecule has 88 valence electrons. The molecule has 3 nitrogen and oxygen atoms in total. The van der Waals surface area contributed by atoms with Gasteiger partial charge < -0.3 is 4.74 Å². The second-order valence-corrected chi connectivity index (χ2v) is 3.99. The summed E-state index contributed by atoms with van der Waals surface area (Å²) >= 11 is 11.8. The molecule has 0 bridgehead atoms. The first-order valence-corrected chi connectivity index (χ1v) is 5.52. The van der Waals surface area contributed by atoms with Crippen LogP contribution in [-0.4, -0.2) is 12.1 Å². The normalized spacial score (nSPS) is 12.1. The molecule has 1 atom stereocenters. The predicted octanol–water partition coefficient (Wildman–Crippen LogP) is 3.46. The van der Waals surface area contributed by atoms with Crippen molar-refractivity contribution in [2.24, 2.45) is 0 Å². The molecule has 0 saturated carbocycles. The molecule has 5 heteroatoms. The minimum atomic E-state index is -0.783. The van der Waals surface area contributed by atoms with E-state index >= 15 is 0 Å². The summed E-state index contributed by atoms with van der Waals surface area (Å²) in [6.45, 7) is 1.48. The highest BCUT2D eigenvalue weighted by molar-refractivity contribution is 6.37. The van der Waals surface area contributed by atoms with E-state index in [1.165, 1.54) is 19.1 Å². The van der Waals surface area contributed by atoms with E-state index < -0.39 is 12.1 Å². The summed E-state index contributed by atoms with van der Waals surface area (Å²) in [5.74, 6) is -0.616. The van der Waals surface area contributed by atoms with Gasteiger partial charge in [0.25, 0.3) is 0 Å². The lowest BCUT2D eigenvalue weighted by Gasteiger charge is -2.03. The van der Waals surface area contributed by atoms with Crippen molar-refractivity contribution in [1.82, 2.24) is 0 Å². The van der Waals surface area contributed by atoms with Gasteiger partial charge in [-0.15, -0.1) is 0 Å². The molecule has 0 amide bonds. The molecule has 0 unspecified atom stereocenters. The van der Waals surface area contributed by atoms with Crippen LogP contribution in [0.2, 0.25) is 10.0 Å². The Morgan fingerprint density at radius 3 is 2.59 bits per heavy atom. The minimum absolute atomic E-state index is 0.440. The lowest BCUT2D eigenvalue weighted by molar-refractivity contribution is -0.139. The third-order valence-corrected chi connectivity index (χ3v) is 2.52. The SMILES string of the molecule is C[C@@H](C#N)OC(=O)/C=C/c1c(Cl)cccc1Cl. The van der Waals surface area contributed by atoms with E-state index in [1.807, 2.05) is 0 Å². The van der Waals surface area contributed by atoms with Gasteiger partial charge in [-0.2, -0.15) is 5.26 Å². The fourth-order valence-electron chi connectivity index (χ4n) is 1.06. The highest BCUT2D eigenvalue weighted by Crippen LogP contribution is 2.25. The van der Waals surface area contributed by atoms with Gasteiger partial charge in [0.1, 0.15) is 6.07 Å². The Morgan fingerprint density at radius 2 is 2.06 bits per heavy atom. The highest BCUT2D eigenvalue weighted by atomic mass is 35.5. The summed E-state index contributed by atoms with van der Waals surface area (Å²) in [5, 5.41) is 9.34. The highest BCUT2D eigenvalue weighted by Gasteiger charge is 2.06. The molecule has 1 aromatic carbocycles. The summed E-state index contributed by atoms with van der Waals surface area (Å²) < 4.78 is 4.73. The van der Waals surface area contributed by atoms with Gasteiger partial charge in [0, 0.05) is 21.7 Å². The van der Waals surface area contributed by atoms with E-state index in [2.05, 4.69) is 0 Å². The number of hydrogen-bond donors (Lipinski definition) is 0. The number of benzene rings is 1. The molecule has 0 heterocycles. The maximum atomic E-state index is 11.3. The third kappa shape index (κ3) is 4.10. The Balaban J connectivity index is 2.78. The maximum absolute atomic E-state index is 11.3. The van der Waals surface area contributed by atoms with E-state index in [9.17, 15) is 4.79 Å². The number of ether oxygens (including phenoxy) is 1. The van der Waals surface area contributed by atoms with Crippen molar-refractivity contribution >= 4 is 35.2 Å². The number of esters is 1. The van der Waals surface area contributed by atoms with Crippen molar-refractivity contribution in [1.29, 1.82) is 5.26 Å². The quantitative estimate of drug-likeness (QED) is 0.624. The van der Waals surface area contributed by atoms with Gasteiger partial charge in [0.2, 0.25) is 0 Å². The molecule has 0 aliphatic carbocycles. The number of halogens is 2. The van der Waals surface area contributed by atoms with Crippen LogP contribution in [-0.2, 0) is 9.53 Å². The molecule has 0 saturated heterocycles. The first kappa shape index (κ1) is 13.6. The zero-order valence-electron chi connectivity index (χ0n) is 8.98. The Hall–Kier alpha value is -1.50. The molecule has 0 aliphatic rings. The second kappa shape index (κ2) is 6.29. The number of rotatable bonds is 3. The summed E-state index contributed by atoms with van der Waals surface area (Å²) in [6, 6.07) is 6.82. The van der Waals surface area contributed by atoms with Crippen LogP contribution >= 0.6 is 23.2 Å². The van der Waals surface area contributed by atoms with Gasteiger partial charge >= 0.3 is 5.97 Å².